The number of furan rings is 1. The van der Waals surface area contributed by atoms with Crippen LogP contribution >= 0.6 is 0 Å². The van der Waals surface area contributed by atoms with Crippen LogP contribution in [0.15, 0.2) is 34.7 Å². The molecule has 0 aliphatic carbocycles. The number of aromatic nitrogens is 1. The first-order valence-electron chi connectivity index (χ1n) is 6.89. The second-order valence-electron chi connectivity index (χ2n) is 5.05. The number of methoxy groups -OCH3 is 1. The third-order valence-corrected chi connectivity index (χ3v) is 3.01. The van der Waals surface area contributed by atoms with E-state index in [-0.39, 0.29) is 11.9 Å². The van der Waals surface area contributed by atoms with Crippen LogP contribution in [-0.2, 0) is 17.8 Å². The summed E-state index contributed by atoms with van der Waals surface area (Å²) in [6, 6.07) is 9.25. The Balaban J connectivity index is 1.92. The molecule has 21 heavy (non-hydrogen) atoms. The summed E-state index contributed by atoms with van der Waals surface area (Å²) in [7, 11) is 1.58. The number of amides is 1. The van der Waals surface area contributed by atoms with Crippen molar-refractivity contribution in [2.45, 2.75) is 32.9 Å². The molecule has 1 atom stereocenters. The van der Waals surface area contributed by atoms with E-state index in [9.17, 15) is 4.79 Å². The summed E-state index contributed by atoms with van der Waals surface area (Å²) in [6.07, 6.45) is 0.680. The van der Waals surface area contributed by atoms with Crippen LogP contribution in [0.25, 0.3) is 0 Å². The Morgan fingerprint density at radius 3 is 2.90 bits per heavy atom. The van der Waals surface area contributed by atoms with Crippen LogP contribution in [0.3, 0.4) is 0 Å². The number of nitrogens with zero attached hydrogens (tertiary/aromatic N) is 1. The minimum Gasteiger partial charge on any atom is -0.453 e. The Labute approximate surface area is 124 Å². The van der Waals surface area contributed by atoms with E-state index in [0.29, 0.717) is 24.5 Å². The summed E-state index contributed by atoms with van der Waals surface area (Å²) in [4.78, 5) is 16.5. The van der Waals surface area contributed by atoms with Crippen molar-refractivity contribution < 1.29 is 13.9 Å². The summed E-state index contributed by atoms with van der Waals surface area (Å²) in [5, 5.41) is 2.91. The highest BCUT2D eigenvalue weighted by Gasteiger charge is 2.14. The molecular formula is C16H20N2O3. The van der Waals surface area contributed by atoms with Gasteiger partial charge in [0.05, 0.1) is 0 Å². The van der Waals surface area contributed by atoms with Crippen LogP contribution in [-0.4, -0.2) is 24.0 Å². The lowest BCUT2D eigenvalue weighted by Crippen LogP contribution is -2.34. The van der Waals surface area contributed by atoms with Crippen LogP contribution < -0.4 is 5.32 Å². The molecule has 2 aromatic heterocycles. The summed E-state index contributed by atoms with van der Waals surface area (Å²) in [6.45, 7) is 4.25. The number of hydrogen-bond donors (Lipinski definition) is 1. The molecule has 2 aromatic rings. The maximum Gasteiger partial charge on any atom is 0.287 e. The van der Waals surface area contributed by atoms with E-state index in [4.69, 9.17) is 9.15 Å². The van der Waals surface area contributed by atoms with Gasteiger partial charge in [0.2, 0.25) is 0 Å². The average molecular weight is 288 g/mol. The van der Waals surface area contributed by atoms with Crippen molar-refractivity contribution in [3.63, 3.8) is 0 Å². The van der Waals surface area contributed by atoms with E-state index < -0.39 is 0 Å². The number of ether oxygens (including phenoxy) is 1. The van der Waals surface area contributed by atoms with Crippen LogP contribution in [0, 0.1) is 6.92 Å². The van der Waals surface area contributed by atoms with Gasteiger partial charge in [0.1, 0.15) is 12.4 Å². The monoisotopic (exact) mass is 288 g/mol. The third kappa shape index (κ3) is 4.43. The predicted molar refractivity (Wildman–Crippen MR) is 79.0 cm³/mol. The fraction of sp³-hybridized carbons (Fsp3) is 0.375. The first-order valence-corrected chi connectivity index (χ1v) is 6.89. The summed E-state index contributed by atoms with van der Waals surface area (Å²) in [5.74, 6) is 0.708. The first-order chi connectivity index (χ1) is 10.1. The maximum atomic E-state index is 12.1. The second kappa shape index (κ2) is 7.04. The van der Waals surface area contributed by atoms with E-state index in [1.54, 1.807) is 19.2 Å². The van der Waals surface area contributed by atoms with Crippen LogP contribution in [0.5, 0.6) is 0 Å². The van der Waals surface area contributed by atoms with Gasteiger partial charge in [-0.25, -0.2) is 0 Å². The predicted octanol–water partition coefficient (Wildman–Crippen LogP) is 2.49. The third-order valence-electron chi connectivity index (χ3n) is 3.01. The molecule has 112 valence electrons. The Bertz CT molecular complexity index is 607. The van der Waals surface area contributed by atoms with Crippen molar-refractivity contribution >= 4 is 5.91 Å². The zero-order chi connectivity index (χ0) is 15.2. The van der Waals surface area contributed by atoms with Gasteiger partial charge in [-0.15, -0.1) is 0 Å². The Morgan fingerprint density at radius 2 is 2.19 bits per heavy atom. The van der Waals surface area contributed by atoms with Gasteiger partial charge < -0.3 is 14.5 Å². The highest BCUT2D eigenvalue weighted by atomic mass is 16.5. The standard InChI is InChI=1S/C16H20N2O3/c1-11-5-4-6-13(17-11)9-12(2)18-16(19)15-8-7-14(21-15)10-20-3/h4-8,12H,9-10H2,1-3H3,(H,18,19). The largest absolute Gasteiger partial charge is 0.453 e. The maximum absolute atomic E-state index is 12.1. The minimum atomic E-state index is -0.225. The molecule has 0 spiro atoms. The number of nitrogens with one attached hydrogen (secondary N) is 1. The van der Waals surface area contributed by atoms with Crippen molar-refractivity contribution in [2.24, 2.45) is 0 Å². The van der Waals surface area contributed by atoms with Crippen LogP contribution in [0.1, 0.15) is 34.6 Å². The van der Waals surface area contributed by atoms with Crippen molar-refractivity contribution in [1.82, 2.24) is 10.3 Å². The van der Waals surface area contributed by atoms with Crippen molar-refractivity contribution in [1.29, 1.82) is 0 Å². The quantitative estimate of drug-likeness (QED) is 0.887. The molecule has 1 N–H and O–H groups in total. The molecule has 2 heterocycles. The van der Waals surface area contributed by atoms with Gasteiger partial charge in [-0.05, 0) is 38.1 Å². The minimum absolute atomic E-state index is 0.0252. The Kier molecular flexibility index (Phi) is 5.11. The van der Waals surface area contributed by atoms with E-state index in [1.165, 1.54) is 0 Å². The van der Waals surface area contributed by atoms with Crippen LogP contribution in [0.4, 0.5) is 0 Å². The van der Waals surface area contributed by atoms with Gasteiger partial charge in [0, 0.05) is 31.0 Å². The molecule has 1 amide bonds. The molecule has 5 nitrogen and oxygen atoms in total. The van der Waals surface area contributed by atoms with Gasteiger partial charge >= 0.3 is 0 Å². The number of hydrogen-bond acceptors (Lipinski definition) is 4. The van der Waals surface area contributed by atoms with Crippen molar-refractivity contribution in [3.8, 4) is 0 Å². The molecule has 2 rings (SSSR count). The lowest BCUT2D eigenvalue weighted by molar-refractivity contribution is 0.0903. The molecule has 1 unspecified atom stereocenters. The molecule has 0 fully saturated rings. The molecule has 0 aliphatic rings. The molecule has 0 saturated heterocycles. The van der Waals surface area contributed by atoms with E-state index in [1.807, 2.05) is 32.0 Å². The summed E-state index contributed by atoms with van der Waals surface area (Å²) >= 11 is 0. The summed E-state index contributed by atoms with van der Waals surface area (Å²) < 4.78 is 10.4. The van der Waals surface area contributed by atoms with E-state index >= 15 is 0 Å². The molecule has 0 saturated carbocycles. The lowest BCUT2D eigenvalue weighted by atomic mass is 10.1. The zero-order valence-corrected chi connectivity index (χ0v) is 12.6. The fourth-order valence-corrected chi connectivity index (χ4v) is 2.09. The van der Waals surface area contributed by atoms with Gasteiger partial charge in [-0.1, -0.05) is 6.07 Å². The van der Waals surface area contributed by atoms with Gasteiger partial charge in [-0.3, -0.25) is 9.78 Å². The first kappa shape index (κ1) is 15.3. The molecule has 0 aliphatic heterocycles. The molecule has 0 aromatic carbocycles. The molecular weight excluding hydrogens is 268 g/mol. The van der Waals surface area contributed by atoms with Gasteiger partial charge in [0.25, 0.3) is 5.91 Å². The molecule has 0 bridgehead atoms. The highest BCUT2D eigenvalue weighted by molar-refractivity contribution is 5.91. The number of carbonyl (C=O) groups is 1. The second-order valence-corrected chi connectivity index (χ2v) is 5.05. The summed E-state index contributed by atoms with van der Waals surface area (Å²) in [5.41, 5.74) is 1.93. The number of pyridine rings is 1. The number of aryl methyl sites for hydroxylation is 1. The molecule has 0 radical (unpaired) electrons. The highest BCUT2D eigenvalue weighted by Crippen LogP contribution is 2.09. The van der Waals surface area contributed by atoms with Gasteiger partial charge in [0.15, 0.2) is 5.76 Å². The Morgan fingerprint density at radius 1 is 1.38 bits per heavy atom. The van der Waals surface area contributed by atoms with E-state index in [0.717, 1.165) is 11.4 Å². The van der Waals surface area contributed by atoms with Crippen molar-refractivity contribution in [2.75, 3.05) is 7.11 Å². The van der Waals surface area contributed by atoms with E-state index in [2.05, 4.69) is 10.3 Å². The number of carbonyl (C=O) groups excluding carboxylic acids is 1. The SMILES string of the molecule is COCc1ccc(C(=O)NC(C)Cc2cccc(C)n2)o1. The fourth-order valence-electron chi connectivity index (χ4n) is 2.09. The van der Waals surface area contributed by atoms with Crippen LogP contribution in [0.2, 0.25) is 0 Å². The topological polar surface area (TPSA) is 64.4 Å². The lowest BCUT2D eigenvalue weighted by Gasteiger charge is -2.12. The van der Waals surface area contributed by atoms with Gasteiger partial charge in [-0.2, -0.15) is 0 Å². The van der Waals surface area contributed by atoms with Crippen molar-refractivity contribution in [3.05, 3.63) is 53.2 Å². The smallest absolute Gasteiger partial charge is 0.287 e. The zero-order valence-electron chi connectivity index (χ0n) is 12.6. The average Bonchev–Trinajstić information content (AvgIpc) is 2.87. The number of rotatable bonds is 6. The molecule has 5 heteroatoms. The Hall–Kier alpha value is -2.14. The normalized spacial score (nSPS) is 12.1.